The smallest absolute Gasteiger partial charge is 0.224 e. The monoisotopic (exact) mass is 286 g/mol. The molecule has 21 heavy (non-hydrogen) atoms. The lowest BCUT2D eigenvalue weighted by atomic mass is 10.1. The maximum atomic E-state index is 11.9. The fourth-order valence-corrected chi connectivity index (χ4v) is 2.37. The SMILES string of the molecule is COc1ccc(CC(=O)NCCc2cc(C)[nH]c2C)cc1. The first-order chi connectivity index (χ1) is 10.1. The van der Waals surface area contributed by atoms with Gasteiger partial charge in [0, 0.05) is 17.9 Å². The molecule has 4 nitrogen and oxygen atoms in total. The Morgan fingerprint density at radius 3 is 2.52 bits per heavy atom. The highest BCUT2D eigenvalue weighted by atomic mass is 16.5. The van der Waals surface area contributed by atoms with Crippen molar-refractivity contribution < 1.29 is 9.53 Å². The van der Waals surface area contributed by atoms with Crippen molar-refractivity contribution in [3.8, 4) is 5.75 Å². The van der Waals surface area contributed by atoms with Crippen LogP contribution in [-0.4, -0.2) is 24.5 Å². The highest BCUT2D eigenvalue weighted by molar-refractivity contribution is 5.78. The van der Waals surface area contributed by atoms with Crippen molar-refractivity contribution in [3.63, 3.8) is 0 Å². The normalized spacial score (nSPS) is 10.4. The second kappa shape index (κ2) is 6.97. The molecule has 0 radical (unpaired) electrons. The molecule has 1 amide bonds. The average Bonchev–Trinajstić information content (AvgIpc) is 2.78. The third kappa shape index (κ3) is 4.38. The standard InChI is InChI=1S/C17H22N2O2/c1-12-10-15(13(2)19-12)8-9-18-17(20)11-14-4-6-16(21-3)7-5-14/h4-7,10,19H,8-9,11H2,1-3H3,(H,18,20). The van der Waals surface area contributed by atoms with E-state index in [9.17, 15) is 4.79 Å². The number of H-pyrrole nitrogens is 1. The molecule has 0 atom stereocenters. The van der Waals surface area contributed by atoms with E-state index in [1.54, 1.807) is 7.11 Å². The molecule has 0 aliphatic heterocycles. The van der Waals surface area contributed by atoms with E-state index >= 15 is 0 Å². The first kappa shape index (κ1) is 15.2. The molecule has 0 saturated carbocycles. The Kier molecular flexibility index (Phi) is 5.04. The molecule has 4 heteroatoms. The van der Waals surface area contributed by atoms with Gasteiger partial charge in [-0.2, -0.15) is 0 Å². The minimum atomic E-state index is 0.0464. The van der Waals surface area contributed by atoms with Gasteiger partial charge in [0.1, 0.15) is 5.75 Å². The number of rotatable bonds is 6. The van der Waals surface area contributed by atoms with Crippen molar-refractivity contribution in [1.82, 2.24) is 10.3 Å². The van der Waals surface area contributed by atoms with Crippen molar-refractivity contribution in [2.45, 2.75) is 26.7 Å². The minimum absolute atomic E-state index is 0.0464. The Morgan fingerprint density at radius 1 is 1.24 bits per heavy atom. The summed E-state index contributed by atoms with van der Waals surface area (Å²) in [6.07, 6.45) is 1.25. The predicted octanol–water partition coefficient (Wildman–Crippen LogP) is 2.54. The highest BCUT2D eigenvalue weighted by Crippen LogP contribution is 2.12. The molecule has 0 bridgehead atoms. The largest absolute Gasteiger partial charge is 0.497 e. The summed E-state index contributed by atoms with van der Waals surface area (Å²) in [5.41, 5.74) is 4.59. The zero-order chi connectivity index (χ0) is 15.2. The molecular weight excluding hydrogens is 264 g/mol. The van der Waals surface area contributed by atoms with Gasteiger partial charge in [0.25, 0.3) is 0 Å². The van der Waals surface area contributed by atoms with Gasteiger partial charge in [0.05, 0.1) is 13.5 Å². The van der Waals surface area contributed by atoms with Crippen LogP contribution in [0.3, 0.4) is 0 Å². The van der Waals surface area contributed by atoms with Gasteiger partial charge >= 0.3 is 0 Å². The number of ether oxygens (including phenoxy) is 1. The molecule has 2 aromatic rings. The van der Waals surface area contributed by atoms with Crippen LogP contribution in [0.1, 0.15) is 22.5 Å². The summed E-state index contributed by atoms with van der Waals surface area (Å²) < 4.78 is 5.10. The lowest BCUT2D eigenvalue weighted by Crippen LogP contribution is -2.27. The lowest BCUT2D eigenvalue weighted by Gasteiger charge is -2.06. The number of methoxy groups -OCH3 is 1. The maximum absolute atomic E-state index is 11.9. The number of carbonyl (C=O) groups is 1. The molecule has 0 saturated heterocycles. The maximum Gasteiger partial charge on any atom is 0.224 e. The quantitative estimate of drug-likeness (QED) is 0.857. The van der Waals surface area contributed by atoms with Crippen molar-refractivity contribution in [1.29, 1.82) is 0 Å². The summed E-state index contributed by atoms with van der Waals surface area (Å²) in [5.74, 6) is 0.850. The van der Waals surface area contributed by atoms with Crippen molar-refractivity contribution >= 4 is 5.91 Å². The van der Waals surface area contributed by atoms with Gasteiger partial charge in [0.15, 0.2) is 0 Å². The van der Waals surface area contributed by atoms with Gasteiger partial charge in [0.2, 0.25) is 5.91 Å². The van der Waals surface area contributed by atoms with Gasteiger partial charge in [-0.05, 0) is 49.6 Å². The van der Waals surface area contributed by atoms with Crippen molar-refractivity contribution in [3.05, 3.63) is 52.8 Å². The molecule has 1 aromatic carbocycles. The zero-order valence-corrected chi connectivity index (χ0v) is 12.8. The Morgan fingerprint density at radius 2 is 1.95 bits per heavy atom. The Balaban J connectivity index is 1.78. The molecule has 0 aliphatic carbocycles. The molecule has 0 fully saturated rings. The number of nitrogens with one attached hydrogen (secondary N) is 2. The third-order valence-electron chi connectivity index (χ3n) is 3.50. The number of amides is 1. The van der Waals surface area contributed by atoms with E-state index in [1.165, 1.54) is 11.3 Å². The molecule has 0 unspecified atom stereocenters. The van der Waals surface area contributed by atoms with Crippen LogP contribution in [-0.2, 0) is 17.6 Å². The van der Waals surface area contributed by atoms with Crippen LogP contribution in [0.2, 0.25) is 0 Å². The fourth-order valence-electron chi connectivity index (χ4n) is 2.37. The second-order valence-electron chi connectivity index (χ2n) is 5.23. The first-order valence-corrected chi connectivity index (χ1v) is 7.13. The van der Waals surface area contributed by atoms with E-state index in [0.717, 1.165) is 23.4 Å². The van der Waals surface area contributed by atoms with Gasteiger partial charge in [-0.15, -0.1) is 0 Å². The zero-order valence-electron chi connectivity index (χ0n) is 12.8. The number of hydrogen-bond donors (Lipinski definition) is 2. The third-order valence-corrected chi connectivity index (χ3v) is 3.50. The predicted molar refractivity (Wildman–Crippen MR) is 83.7 cm³/mol. The van der Waals surface area contributed by atoms with Crippen LogP contribution in [0.5, 0.6) is 5.75 Å². The summed E-state index contributed by atoms with van der Waals surface area (Å²) in [6, 6.07) is 9.70. The average molecular weight is 286 g/mol. The second-order valence-corrected chi connectivity index (χ2v) is 5.23. The van der Waals surface area contributed by atoms with Crippen LogP contribution in [0, 0.1) is 13.8 Å². The molecule has 1 heterocycles. The van der Waals surface area contributed by atoms with Crippen LogP contribution in [0.4, 0.5) is 0 Å². The summed E-state index contributed by atoms with van der Waals surface area (Å²) in [6.45, 7) is 4.76. The van der Waals surface area contributed by atoms with Gasteiger partial charge in [-0.25, -0.2) is 0 Å². The molecule has 0 aliphatic rings. The minimum Gasteiger partial charge on any atom is -0.497 e. The number of aryl methyl sites for hydroxylation is 2. The van der Waals surface area contributed by atoms with Crippen LogP contribution in [0.25, 0.3) is 0 Å². The highest BCUT2D eigenvalue weighted by Gasteiger charge is 2.05. The number of benzene rings is 1. The molecular formula is C17H22N2O2. The van der Waals surface area contributed by atoms with E-state index < -0.39 is 0 Å². The topological polar surface area (TPSA) is 54.1 Å². The summed E-state index contributed by atoms with van der Waals surface area (Å²) in [4.78, 5) is 15.2. The number of aromatic nitrogens is 1. The van der Waals surface area contributed by atoms with E-state index in [1.807, 2.05) is 31.2 Å². The van der Waals surface area contributed by atoms with Crippen molar-refractivity contribution in [2.24, 2.45) is 0 Å². The van der Waals surface area contributed by atoms with Crippen molar-refractivity contribution in [2.75, 3.05) is 13.7 Å². The van der Waals surface area contributed by atoms with Crippen LogP contribution in [0.15, 0.2) is 30.3 Å². The Labute approximate surface area is 125 Å². The van der Waals surface area contributed by atoms with E-state index in [-0.39, 0.29) is 5.91 Å². The number of hydrogen-bond acceptors (Lipinski definition) is 2. The lowest BCUT2D eigenvalue weighted by molar-refractivity contribution is -0.120. The summed E-state index contributed by atoms with van der Waals surface area (Å²) >= 11 is 0. The first-order valence-electron chi connectivity index (χ1n) is 7.13. The molecule has 112 valence electrons. The number of aromatic amines is 1. The Hall–Kier alpha value is -2.23. The molecule has 2 rings (SSSR count). The van der Waals surface area contributed by atoms with Gasteiger partial charge in [-0.1, -0.05) is 12.1 Å². The van der Waals surface area contributed by atoms with E-state index in [4.69, 9.17) is 4.74 Å². The molecule has 1 aromatic heterocycles. The van der Waals surface area contributed by atoms with Crippen LogP contribution >= 0.6 is 0 Å². The van der Waals surface area contributed by atoms with Gasteiger partial charge in [-0.3, -0.25) is 4.79 Å². The van der Waals surface area contributed by atoms with E-state index in [2.05, 4.69) is 23.3 Å². The van der Waals surface area contributed by atoms with E-state index in [0.29, 0.717) is 13.0 Å². The van der Waals surface area contributed by atoms with Gasteiger partial charge < -0.3 is 15.0 Å². The number of carbonyl (C=O) groups excluding carboxylic acids is 1. The molecule has 0 spiro atoms. The summed E-state index contributed by atoms with van der Waals surface area (Å²) in [7, 11) is 1.63. The van der Waals surface area contributed by atoms with Crippen LogP contribution < -0.4 is 10.1 Å². The summed E-state index contributed by atoms with van der Waals surface area (Å²) in [5, 5.41) is 2.96. The molecule has 2 N–H and O–H groups in total. The fraction of sp³-hybridized carbons (Fsp3) is 0.353. The Bertz CT molecular complexity index is 600.